The largest absolute Gasteiger partial charge is 0.325 e. The second-order valence-electron chi connectivity index (χ2n) is 10.3. The van der Waals surface area contributed by atoms with Crippen LogP contribution in [0.5, 0.6) is 0 Å². The maximum Gasteiger partial charge on any atom is 0.273 e. The van der Waals surface area contributed by atoms with Crippen molar-refractivity contribution in [3.05, 3.63) is 105 Å². The zero-order valence-electron chi connectivity index (χ0n) is 21.7. The van der Waals surface area contributed by atoms with Crippen LogP contribution in [-0.4, -0.2) is 14.9 Å². The second kappa shape index (κ2) is 9.68. The van der Waals surface area contributed by atoms with Crippen molar-refractivity contribution in [2.45, 2.75) is 46.6 Å². The van der Waals surface area contributed by atoms with Crippen molar-refractivity contribution in [1.82, 2.24) is 8.97 Å². The number of aromatic nitrogens is 2. The van der Waals surface area contributed by atoms with Gasteiger partial charge < -0.3 is 9.88 Å². The lowest BCUT2D eigenvalue weighted by Crippen LogP contribution is -2.15. The molecule has 0 aliphatic carbocycles. The molecule has 6 heteroatoms. The molecule has 5 aromatic rings. The summed E-state index contributed by atoms with van der Waals surface area (Å²) in [6.45, 7) is 7.27. The van der Waals surface area contributed by atoms with Gasteiger partial charge in [0.05, 0.1) is 15.7 Å². The molecule has 0 bridgehead atoms. The molecule has 38 heavy (non-hydrogen) atoms. The zero-order chi connectivity index (χ0) is 26.6. The second-order valence-corrected chi connectivity index (χ2v) is 11.1. The minimum atomic E-state index is -0.176. The Balaban J connectivity index is 1.60. The number of imidazole rings is 1. The Morgan fingerprint density at radius 3 is 2.34 bits per heavy atom. The molecule has 0 atom stereocenters. The van der Waals surface area contributed by atoms with Crippen LogP contribution in [0.4, 0.5) is 5.69 Å². The van der Waals surface area contributed by atoms with Gasteiger partial charge in [-0.2, -0.15) is 0 Å². The van der Waals surface area contributed by atoms with Gasteiger partial charge in [-0.1, -0.05) is 65.2 Å². The number of amides is 1. The number of hydrogen-bond donors (Lipinski definition) is 1. The van der Waals surface area contributed by atoms with E-state index in [1.165, 1.54) is 22.3 Å². The van der Waals surface area contributed by atoms with E-state index in [1.807, 2.05) is 0 Å². The molecule has 0 saturated carbocycles. The maximum absolute atomic E-state index is 14.1. The van der Waals surface area contributed by atoms with E-state index in [0.717, 1.165) is 53.8 Å². The van der Waals surface area contributed by atoms with E-state index in [0.29, 0.717) is 21.4 Å². The summed E-state index contributed by atoms with van der Waals surface area (Å²) in [7, 11) is 0. The number of hydrogen-bond acceptors (Lipinski definition) is 1. The number of carbonyl (C=O) groups is 1. The molecule has 2 aromatic heterocycles. The van der Waals surface area contributed by atoms with E-state index in [4.69, 9.17) is 23.2 Å². The molecule has 1 aliphatic heterocycles. The number of nitrogens with one attached hydrogen (secondary N) is 1. The summed E-state index contributed by atoms with van der Waals surface area (Å²) >= 11 is 12.4. The molecule has 3 heterocycles. The Bertz CT molecular complexity index is 1710. The summed E-state index contributed by atoms with van der Waals surface area (Å²) in [5, 5.41) is 3.94. The van der Waals surface area contributed by atoms with E-state index in [9.17, 15) is 4.79 Å². The van der Waals surface area contributed by atoms with Crippen LogP contribution < -0.4 is 5.32 Å². The highest BCUT2D eigenvalue weighted by Gasteiger charge is 2.29. The average Bonchev–Trinajstić information content (AvgIpc) is 3.31. The van der Waals surface area contributed by atoms with Crippen LogP contribution >= 0.6 is 23.2 Å². The Labute approximate surface area is 232 Å². The summed E-state index contributed by atoms with van der Waals surface area (Å²) in [5.74, 6) is -0.176. The zero-order valence-corrected chi connectivity index (χ0v) is 23.2. The summed E-state index contributed by atoms with van der Waals surface area (Å²) in [4.78, 5) is 14.1. The third-order valence-electron chi connectivity index (χ3n) is 7.67. The summed E-state index contributed by atoms with van der Waals surface area (Å²) in [5.41, 5.74) is 11.6. The number of rotatable bonds is 4. The predicted molar refractivity (Wildman–Crippen MR) is 158 cm³/mol. The van der Waals surface area contributed by atoms with Crippen molar-refractivity contribution in [2.24, 2.45) is 0 Å². The van der Waals surface area contributed by atoms with Crippen LogP contribution in [0.1, 0.15) is 45.6 Å². The number of nitrogens with zero attached hydrogens (tertiary/aromatic N) is 2. The molecule has 4 nitrogen and oxygen atoms in total. The third-order valence-corrected chi connectivity index (χ3v) is 8.41. The lowest BCUT2D eigenvalue weighted by Gasteiger charge is -2.11. The van der Waals surface area contributed by atoms with E-state index >= 15 is 0 Å². The topological polar surface area (TPSA) is 38.4 Å². The highest BCUT2D eigenvalue weighted by Crippen LogP contribution is 2.40. The maximum atomic E-state index is 14.1. The molecule has 1 amide bonds. The molecule has 1 N–H and O–H groups in total. The van der Waals surface area contributed by atoms with Crippen LogP contribution in [-0.2, 0) is 13.0 Å². The third kappa shape index (κ3) is 4.22. The summed E-state index contributed by atoms with van der Waals surface area (Å²) in [6, 6.07) is 20.2. The van der Waals surface area contributed by atoms with E-state index < -0.39 is 0 Å². The van der Waals surface area contributed by atoms with Gasteiger partial charge in [0.1, 0.15) is 11.3 Å². The predicted octanol–water partition coefficient (Wildman–Crippen LogP) is 8.90. The summed E-state index contributed by atoms with van der Waals surface area (Å²) < 4.78 is 4.51. The molecular formula is C32H29Cl2N3O. The number of benzene rings is 3. The fourth-order valence-corrected chi connectivity index (χ4v) is 5.83. The van der Waals surface area contributed by atoms with Crippen LogP contribution in [0, 0.1) is 20.8 Å². The van der Waals surface area contributed by atoms with Crippen molar-refractivity contribution in [2.75, 3.05) is 5.32 Å². The summed E-state index contributed by atoms with van der Waals surface area (Å²) in [6.07, 6.45) is 5.22. The molecular weight excluding hydrogens is 513 g/mol. The van der Waals surface area contributed by atoms with Gasteiger partial charge >= 0.3 is 0 Å². The monoisotopic (exact) mass is 541 g/mol. The van der Waals surface area contributed by atoms with Gasteiger partial charge in [0.15, 0.2) is 0 Å². The molecule has 0 spiro atoms. The van der Waals surface area contributed by atoms with E-state index in [2.05, 4.69) is 83.7 Å². The smallest absolute Gasteiger partial charge is 0.273 e. The highest BCUT2D eigenvalue weighted by molar-refractivity contribution is 6.42. The molecule has 3 aromatic carbocycles. The van der Waals surface area contributed by atoms with Crippen LogP contribution in [0.25, 0.3) is 28.0 Å². The van der Waals surface area contributed by atoms with Gasteiger partial charge in [-0.15, -0.1) is 0 Å². The fourth-order valence-electron chi connectivity index (χ4n) is 5.54. The van der Waals surface area contributed by atoms with Crippen LogP contribution in [0.3, 0.4) is 0 Å². The Kier molecular flexibility index (Phi) is 6.33. The number of carbonyl (C=O) groups excluding carboxylic acids is 1. The van der Waals surface area contributed by atoms with Crippen molar-refractivity contribution in [3.8, 4) is 22.4 Å². The first-order valence-electron chi connectivity index (χ1n) is 13.0. The normalized spacial score (nSPS) is 13.1. The Morgan fingerprint density at radius 1 is 0.842 bits per heavy atom. The van der Waals surface area contributed by atoms with Gasteiger partial charge in [0, 0.05) is 29.6 Å². The lowest BCUT2D eigenvalue weighted by molar-refractivity contribution is 0.102. The minimum Gasteiger partial charge on any atom is -0.325 e. The van der Waals surface area contributed by atoms with Gasteiger partial charge in [-0.3, -0.25) is 9.20 Å². The highest BCUT2D eigenvalue weighted by atomic mass is 35.5. The number of anilines is 1. The molecule has 0 fully saturated rings. The van der Waals surface area contributed by atoms with Gasteiger partial charge in [0.2, 0.25) is 0 Å². The van der Waals surface area contributed by atoms with Gasteiger partial charge in [-0.05, 0) is 86.6 Å². The quantitative estimate of drug-likeness (QED) is 0.242. The van der Waals surface area contributed by atoms with Crippen molar-refractivity contribution < 1.29 is 4.79 Å². The molecule has 0 saturated heterocycles. The number of aryl methyl sites for hydroxylation is 5. The standard InChI is InChI=1S/C32H29Cl2N3O/c1-19-7-10-22(11-8-19)29-25-6-4-5-15-36-28(23-12-9-20(2)21(3)16-23)18-37(32(25)36)30(29)31(38)35-24-13-14-26(33)27(34)17-24/h7-14,16-18H,4-6,15H2,1-3H3,(H,35,38). The van der Waals surface area contributed by atoms with Crippen molar-refractivity contribution in [3.63, 3.8) is 0 Å². The minimum absolute atomic E-state index is 0.176. The molecule has 1 aliphatic rings. The van der Waals surface area contributed by atoms with Crippen molar-refractivity contribution in [1.29, 1.82) is 0 Å². The number of halogens is 2. The molecule has 0 radical (unpaired) electrons. The van der Waals surface area contributed by atoms with Gasteiger partial charge in [-0.25, -0.2) is 0 Å². The van der Waals surface area contributed by atoms with Crippen LogP contribution in [0.2, 0.25) is 10.0 Å². The van der Waals surface area contributed by atoms with Crippen molar-refractivity contribution >= 4 is 40.4 Å². The first-order valence-corrected chi connectivity index (χ1v) is 13.7. The average molecular weight is 543 g/mol. The fraction of sp³-hybridized carbons (Fsp3) is 0.219. The van der Waals surface area contributed by atoms with E-state index in [1.54, 1.807) is 18.2 Å². The Hall–Kier alpha value is -3.47. The lowest BCUT2D eigenvalue weighted by atomic mass is 9.97. The molecule has 6 rings (SSSR count). The Morgan fingerprint density at radius 2 is 1.61 bits per heavy atom. The molecule has 0 unspecified atom stereocenters. The van der Waals surface area contributed by atoms with Crippen LogP contribution in [0.15, 0.2) is 66.9 Å². The van der Waals surface area contributed by atoms with E-state index in [-0.39, 0.29) is 5.91 Å². The van der Waals surface area contributed by atoms with Gasteiger partial charge in [0.25, 0.3) is 5.91 Å². The molecule has 192 valence electrons. The first kappa shape index (κ1) is 24.8. The SMILES string of the molecule is Cc1ccc(-c2c3c4n(c(-c5ccc(C)c(C)c5)cn4c2C(=O)Nc2ccc(Cl)c(Cl)c2)CCCC3)cc1. The first-order chi connectivity index (χ1) is 18.3.